The summed E-state index contributed by atoms with van der Waals surface area (Å²) in [6.07, 6.45) is 0. The van der Waals surface area contributed by atoms with Gasteiger partial charge in [0.1, 0.15) is 5.75 Å². The Morgan fingerprint density at radius 3 is 2.62 bits per heavy atom. The fourth-order valence-corrected chi connectivity index (χ4v) is 1.67. The van der Waals surface area contributed by atoms with Gasteiger partial charge in [-0.3, -0.25) is 4.79 Å². The van der Waals surface area contributed by atoms with Gasteiger partial charge in [0.2, 0.25) is 5.91 Å². The van der Waals surface area contributed by atoms with E-state index in [0.29, 0.717) is 5.69 Å². The zero-order valence-corrected chi connectivity index (χ0v) is 9.37. The van der Waals surface area contributed by atoms with Crippen molar-refractivity contribution in [2.75, 3.05) is 11.1 Å². The van der Waals surface area contributed by atoms with E-state index in [2.05, 4.69) is 17.9 Å². The number of amides is 1. The third-order valence-corrected chi connectivity index (χ3v) is 2.60. The molecule has 16 heavy (non-hydrogen) atoms. The van der Waals surface area contributed by atoms with Crippen LogP contribution in [-0.2, 0) is 4.79 Å². The van der Waals surface area contributed by atoms with Gasteiger partial charge in [-0.15, -0.1) is 0 Å². The number of hydrogen-bond donors (Lipinski definition) is 3. The Hall–Kier alpha value is -1.68. The average Bonchev–Trinajstić information content (AvgIpc) is 2.30. The van der Waals surface area contributed by atoms with Crippen LogP contribution >= 0.6 is 12.6 Å². The third kappa shape index (κ3) is 1.97. The normalized spacial score (nSPS) is 10.3. The molecule has 0 saturated carbocycles. The molecule has 82 valence electrons. The molecule has 0 atom stereocenters. The summed E-state index contributed by atoms with van der Waals surface area (Å²) >= 11 is 3.90. The second kappa shape index (κ2) is 4.45. The molecule has 4 heteroatoms. The molecule has 0 aliphatic carbocycles. The fraction of sp³-hybridized carbons (Fsp3) is 0.0833. The number of rotatable bonds is 2. The maximum Gasteiger partial charge on any atom is 0.234 e. The van der Waals surface area contributed by atoms with Crippen molar-refractivity contribution in [2.45, 2.75) is 0 Å². The van der Waals surface area contributed by atoms with E-state index in [4.69, 9.17) is 0 Å². The molecule has 0 spiro atoms. The Balaban J connectivity index is 2.54. The molecular weight excluding hydrogens is 222 g/mol. The van der Waals surface area contributed by atoms with Gasteiger partial charge in [0.25, 0.3) is 0 Å². The second-order valence-corrected chi connectivity index (χ2v) is 3.70. The van der Waals surface area contributed by atoms with Crippen molar-refractivity contribution in [1.82, 2.24) is 0 Å². The topological polar surface area (TPSA) is 49.3 Å². The molecule has 2 aromatic rings. The Morgan fingerprint density at radius 2 is 1.88 bits per heavy atom. The smallest absolute Gasteiger partial charge is 0.234 e. The summed E-state index contributed by atoms with van der Waals surface area (Å²) < 4.78 is 0. The molecule has 0 radical (unpaired) electrons. The number of anilines is 1. The molecular formula is C12H11NO2S. The first-order chi connectivity index (χ1) is 7.72. The lowest BCUT2D eigenvalue weighted by molar-refractivity contribution is -0.113. The molecule has 0 heterocycles. The highest BCUT2D eigenvalue weighted by Gasteiger charge is 2.05. The van der Waals surface area contributed by atoms with Gasteiger partial charge in [0.05, 0.1) is 5.75 Å². The van der Waals surface area contributed by atoms with Gasteiger partial charge >= 0.3 is 0 Å². The van der Waals surface area contributed by atoms with Crippen LogP contribution in [0.1, 0.15) is 0 Å². The Bertz CT molecular complexity index is 540. The number of phenolic OH excluding ortho intramolecular Hbond substituents is 1. The molecule has 1 amide bonds. The predicted molar refractivity (Wildman–Crippen MR) is 68.1 cm³/mol. The van der Waals surface area contributed by atoms with Gasteiger partial charge in [-0.1, -0.05) is 24.3 Å². The van der Waals surface area contributed by atoms with Crippen LogP contribution < -0.4 is 5.32 Å². The largest absolute Gasteiger partial charge is 0.507 e. The molecule has 2 rings (SSSR count). The molecule has 0 fully saturated rings. The lowest BCUT2D eigenvalue weighted by atomic mass is 10.1. The average molecular weight is 233 g/mol. The van der Waals surface area contributed by atoms with Crippen LogP contribution in [0.25, 0.3) is 10.8 Å². The third-order valence-electron chi connectivity index (χ3n) is 2.32. The molecule has 3 nitrogen and oxygen atoms in total. The van der Waals surface area contributed by atoms with Crippen LogP contribution in [0.4, 0.5) is 5.69 Å². The van der Waals surface area contributed by atoms with Crippen LogP contribution in [0.2, 0.25) is 0 Å². The molecule has 0 aromatic heterocycles. The van der Waals surface area contributed by atoms with E-state index in [1.165, 1.54) is 0 Å². The molecule has 0 aliphatic heterocycles. The summed E-state index contributed by atoms with van der Waals surface area (Å²) in [6.45, 7) is 0. The number of nitrogens with one attached hydrogen (secondary N) is 1. The quantitative estimate of drug-likeness (QED) is 0.698. The zero-order valence-electron chi connectivity index (χ0n) is 8.47. The van der Waals surface area contributed by atoms with Crippen LogP contribution in [0.5, 0.6) is 5.75 Å². The highest BCUT2D eigenvalue weighted by Crippen LogP contribution is 2.29. The standard InChI is InChI=1S/C12H11NO2S/c14-11-6-2-3-8-9(11)4-1-5-10(8)13-12(15)7-16/h1-6,14,16H,7H2,(H,13,15). The van der Waals surface area contributed by atoms with Crippen molar-refractivity contribution in [3.8, 4) is 5.75 Å². The molecule has 2 aromatic carbocycles. The van der Waals surface area contributed by atoms with Gasteiger partial charge in [-0.2, -0.15) is 12.6 Å². The lowest BCUT2D eigenvalue weighted by Gasteiger charge is -2.08. The number of aromatic hydroxyl groups is 1. The van der Waals surface area contributed by atoms with E-state index in [0.717, 1.165) is 10.8 Å². The van der Waals surface area contributed by atoms with Gasteiger partial charge in [-0.25, -0.2) is 0 Å². The second-order valence-electron chi connectivity index (χ2n) is 3.38. The number of hydrogen-bond acceptors (Lipinski definition) is 3. The number of thiol groups is 1. The van der Waals surface area contributed by atoms with Crippen molar-refractivity contribution in [3.05, 3.63) is 36.4 Å². The summed E-state index contributed by atoms with van der Waals surface area (Å²) in [5.74, 6) is 0.175. The molecule has 0 bridgehead atoms. The summed E-state index contributed by atoms with van der Waals surface area (Å²) in [6, 6.07) is 10.6. The van der Waals surface area contributed by atoms with Crippen LogP contribution in [0.3, 0.4) is 0 Å². The summed E-state index contributed by atoms with van der Waals surface area (Å²) in [5, 5.41) is 13.9. The molecule has 0 aliphatic rings. The summed E-state index contributed by atoms with van der Waals surface area (Å²) in [5.41, 5.74) is 0.687. The highest BCUT2D eigenvalue weighted by molar-refractivity contribution is 7.81. The van der Waals surface area contributed by atoms with Crippen LogP contribution in [0, 0.1) is 0 Å². The van der Waals surface area contributed by atoms with Gasteiger partial charge in [0.15, 0.2) is 0 Å². The number of carbonyl (C=O) groups is 1. The monoisotopic (exact) mass is 233 g/mol. The van der Waals surface area contributed by atoms with Crippen molar-refractivity contribution < 1.29 is 9.90 Å². The first-order valence-electron chi connectivity index (χ1n) is 4.84. The molecule has 0 unspecified atom stereocenters. The first kappa shape index (κ1) is 10.8. The first-order valence-corrected chi connectivity index (χ1v) is 5.47. The number of benzene rings is 2. The molecule has 0 saturated heterocycles. The van der Waals surface area contributed by atoms with Gasteiger partial charge in [-0.05, 0) is 12.1 Å². The maximum atomic E-state index is 11.3. The van der Waals surface area contributed by atoms with Crippen molar-refractivity contribution in [1.29, 1.82) is 0 Å². The van der Waals surface area contributed by atoms with E-state index in [1.807, 2.05) is 6.07 Å². The fourth-order valence-electron chi connectivity index (χ4n) is 1.59. The number of carbonyl (C=O) groups excluding carboxylic acids is 1. The highest BCUT2D eigenvalue weighted by atomic mass is 32.1. The Kier molecular flexibility index (Phi) is 3.01. The van der Waals surface area contributed by atoms with E-state index in [9.17, 15) is 9.90 Å². The Labute approximate surface area is 98.5 Å². The van der Waals surface area contributed by atoms with Crippen molar-refractivity contribution >= 4 is 35.0 Å². The van der Waals surface area contributed by atoms with E-state index in [-0.39, 0.29) is 17.4 Å². The Morgan fingerprint density at radius 1 is 1.19 bits per heavy atom. The summed E-state index contributed by atoms with van der Waals surface area (Å²) in [4.78, 5) is 11.3. The number of fused-ring (bicyclic) bond motifs is 1. The SMILES string of the molecule is O=C(CS)Nc1cccc2c(O)cccc12. The van der Waals surface area contributed by atoms with Crippen LogP contribution in [0.15, 0.2) is 36.4 Å². The molecule has 2 N–H and O–H groups in total. The minimum atomic E-state index is -0.167. The minimum Gasteiger partial charge on any atom is -0.507 e. The van der Waals surface area contributed by atoms with E-state index < -0.39 is 0 Å². The van der Waals surface area contributed by atoms with Crippen LogP contribution in [-0.4, -0.2) is 16.8 Å². The predicted octanol–water partition coefficient (Wildman–Crippen LogP) is 2.41. The number of phenols is 1. The van der Waals surface area contributed by atoms with Gasteiger partial charge < -0.3 is 10.4 Å². The van der Waals surface area contributed by atoms with E-state index >= 15 is 0 Å². The van der Waals surface area contributed by atoms with Gasteiger partial charge in [0, 0.05) is 16.5 Å². The zero-order chi connectivity index (χ0) is 11.5. The minimum absolute atomic E-state index is 0.134. The maximum absolute atomic E-state index is 11.3. The van der Waals surface area contributed by atoms with E-state index in [1.54, 1.807) is 30.3 Å². The van der Waals surface area contributed by atoms with Crippen molar-refractivity contribution in [3.63, 3.8) is 0 Å². The summed E-state index contributed by atoms with van der Waals surface area (Å²) in [7, 11) is 0. The van der Waals surface area contributed by atoms with Crippen molar-refractivity contribution in [2.24, 2.45) is 0 Å². The lowest BCUT2D eigenvalue weighted by Crippen LogP contribution is -2.12.